The molecule has 0 spiro atoms. The van der Waals surface area contributed by atoms with Crippen molar-refractivity contribution in [1.82, 2.24) is 15.1 Å². The first-order valence-electron chi connectivity index (χ1n) is 10.7. The average Bonchev–Trinajstić information content (AvgIpc) is 3.31. The van der Waals surface area contributed by atoms with Crippen molar-refractivity contribution in [3.63, 3.8) is 0 Å². The topological polar surface area (TPSA) is 52.7 Å². The van der Waals surface area contributed by atoms with Crippen molar-refractivity contribution in [2.45, 2.75) is 38.3 Å². The van der Waals surface area contributed by atoms with Gasteiger partial charge < -0.3 is 10.2 Å². The number of carbonyl (C=O) groups excluding carboxylic acids is 2. The van der Waals surface area contributed by atoms with E-state index >= 15 is 0 Å². The van der Waals surface area contributed by atoms with Gasteiger partial charge in [0.15, 0.2) is 0 Å². The van der Waals surface area contributed by atoms with Crippen LogP contribution < -0.4 is 5.32 Å². The lowest BCUT2D eigenvalue weighted by molar-refractivity contribution is -0.127. The number of amides is 2. The average molecular weight is 446 g/mol. The van der Waals surface area contributed by atoms with Gasteiger partial charge in [0.1, 0.15) is 0 Å². The van der Waals surface area contributed by atoms with Crippen molar-refractivity contribution in [3.8, 4) is 0 Å². The summed E-state index contributed by atoms with van der Waals surface area (Å²) in [4.78, 5) is 30.5. The number of nitrogens with zero attached hydrogens (tertiary/aromatic N) is 2. The lowest BCUT2D eigenvalue weighted by atomic mass is 9.95. The summed E-state index contributed by atoms with van der Waals surface area (Å²) in [6.07, 6.45) is 3.66. The Morgan fingerprint density at radius 2 is 1.83 bits per heavy atom. The molecule has 1 aromatic carbocycles. The molecule has 2 aliphatic heterocycles. The van der Waals surface area contributed by atoms with Crippen LogP contribution in [0.4, 0.5) is 0 Å². The van der Waals surface area contributed by atoms with Crippen molar-refractivity contribution in [2.75, 3.05) is 26.2 Å². The fourth-order valence-electron chi connectivity index (χ4n) is 4.33. The monoisotopic (exact) mass is 445 g/mol. The van der Waals surface area contributed by atoms with Crippen LogP contribution in [0.15, 0.2) is 41.8 Å². The number of hydrogen-bond donors (Lipinski definition) is 1. The highest BCUT2D eigenvalue weighted by atomic mass is 35.5. The highest BCUT2D eigenvalue weighted by Gasteiger charge is 2.31. The molecule has 4 rings (SSSR count). The molecule has 1 aromatic heterocycles. The summed E-state index contributed by atoms with van der Waals surface area (Å²) in [7, 11) is 0. The van der Waals surface area contributed by atoms with Gasteiger partial charge in [-0.3, -0.25) is 14.5 Å². The zero-order chi connectivity index (χ0) is 20.9. The Kier molecular flexibility index (Phi) is 7.08. The molecule has 7 heteroatoms. The van der Waals surface area contributed by atoms with Crippen molar-refractivity contribution < 1.29 is 9.59 Å². The summed E-state index contributed by atoms with van der Waals surface area (Å²) < 4.78 is 0. The van der Waals surface area contributed by atoms with Crippen molar-refractivity contribution >= 4 is 34.8 Å². The maximum absolute atomic E-state index is 12.9. The molecule has 0 saturated carbocycles. The van der Waals surface area contributed by atoms with E-state index in [1.54, 1.807) is 0 Å². The fraction of sp³-hybridized carbons (Fsp3) is 0.478. The second-order valence-electron chi connectivity index (χ2n) is 8.25. The summed E-state index contributed by atoms with van der Waals surface area (Å²) in [6.45, 7) is 4.13. The highest BCUT2D eigenvalue weighted by molar-refractivity contribution is 7.12. The van der Waals surface area contributed by atoms with Crippen LogP contribution >= 0.6 is 22.9 Å². The zero-order valence-corrected chi connectivity index (χ0v) is 18.6. The molecule has 1 unspecified atom stereocenters. The van der Waals surface area contributed by atoms with E-state index in [1.807, 2.05) is 34.5 Å². The van der Waals surface area contributed by atoms with E-state index in [4.69, 9.17) is 11.6 Å². The van der Waals surface area contributed by atoms with Crippen molar-refractivity contribution in [1.29, 1.82) is 0 Å². The second kappa shape index (κ2) is 9.94. The molecular weight excluding hydrogens is 418 g/mol. The van der Waals surface area contributed by atoms with Crippen molar-refractivity contribution in [3.05, 3.63) is 57.2 Å². The van der Waals surface area contributed by atoms with E-state index in [9.17, 15) is 9.59 Å². The molecule has 0 aliphatic carbocycles. The molecule has 2 fully saturated rings. The van der Waals surface area contributed by atoms with Crippen LogP contribution in [-0.2, 0) is 11.3 Å². The Morgan fingerprint density at radius 1 is 1.07 bits per heavy atom. The van der Waals surface area contributed by atoms with E-state index in [2.05, 4.69) is 22.3 Å². The van der Waals surface area contributed by atoms with Gasteiger partial charge in [-0.1, -0.05) is 29.8 Å². The smallest absolute Gasteiger partial charge is 0.263 e. The second-order valence-corrected chi connectivity index (χ2v) is 9.64. The van der Waals surface area contributed by atoms with Gasteiger partial charge in [-0.15, -0.1) is 11.3 Å². The summed E-state index contributed by atoms with van der Waals surface area (Å²) in [5.41, 5.74) is 1.26. The first-order chi connectivity index (χ1) is 14.6. The largest absolute Gasteiger partial charge is 0.353 e. The summed E-state index contributed by atoms with van der Waals surface area (Å²) in [6, 6.07) is 12.0. The third-order valence-corrected chi connectivity index (χ3v) is 7.17. The lowest BCUT2D eigenvalue weighted by Crippen LogP contribution is -2.50. The maximum atomic E-state index is 12.9. The Morgan fingerprint density at radius 3 is 2.53 bits per heavy atom. The van der Waals surface area contributed by atoms with E-state index < -0.39 is 0 Å². The molecule has 1 N–H and O–H groups in total. The first kappa shape index (κ1) is 21.3. The van der Waals surface area contributed by atoms with Gasteiger partial charge in [0.2, 0.25) is 5.91 Å². The molecular formula is C23H28ClN3O2S. The van der Waals surface area contributed by atoms with Crippen LogP contribution in [0.5, 0.6) is 0 Å². The summed E-state index contributed by atoms with van der Waals surface area (Å²) in [5.74, 6) is 0.0580. The predicted octanol–water partition coefficient (Wildman–Crippen LogP) is 4.03. The number of benzene rings is 1. The molecule has 30 heavy (non-hydrogen) atoms. The predicted molar refractivity (Wildman–Crippen MR) is 121 cm³/mol. The lowest BCUT2D eigenvalue weighted by Gasteiger charge is -2.35. The normalized spacial score (nSPS) is 20.8. The highest BCUT2D eigenvalue weighted by Crippen LogP contribution is 2.22. The van der Waals surface area contributed by atoms with Crippen LogP contribution in [0.2, 0.25) is 5.02 Å². The van der Waals surface area contributed by atoms with E-state index in [-0.39, 0.29) is 23.8 Å². The maximum Gasteiger partial charge on any atom is 0.263 e. The van der Waals surface area contributed by atoms with Gasteiger partial charge in [-0.2, -0.15) is 0 Å². The summed E-state index contributed by atoms with van der Waals surface area (Å²) in [5, 5.41) is 5.94. The number of piperidine rings is 2. The number of hydrogen-bond acceptors (Lipinski definition) is 4. The molecule has 5 nitrogen and oxygen atoms in total. The zero-order valence-electron chi connectivity index (χ0n) is 17.1. The van der Waals surface area contributed by atoms with Crippen LogP contribution in [0.3, 0.4) is 0 Å². The Labute approximate surface area is 187 Å². The quantitative estimate of drug-likeness (QED) is 0.755. The minimum Gasteiger partial charge on any atom is -0.353 e. The Balaban J connectivity index is 1.23. The van der Waals surface area contributed by atoms with Gasteiger partial charge in [-0.25, -0.2) is 0 Å². The number of thiophene rings is 1. The van der Waals surface area contributed by atoms with E-state index in [1.165, 1.54) is 16.9 Å². The standard InChI is InChI=1S/C23H28ClN3O2S/c24-19-7-5-17(6-8-19)15-26-12-9-20(10-13-26)25-22(28)18-3-1-11-27(16-18)23(29)21-4-2-14-30-21/h2,4-8,14,18,20H,1,3,9-13,15-16H2,(H,25,28). The van der Waals surface area contributed by atoms with Gasteiger partial charge in [0.05, 0.1) is 10.8 Å². The van der Waals surface area contributed by atoms with Crippen LogP contribution in [0, 0.1) is 5.92 Å². The first-order valence-corrected chi connectivity index (χ1v) is 11.9. The molecule has 0 bridgehead atoms. The Bertz CT molecular complexity index is 848. The minimum absolute atomic E-state index is 0.0537. The number of likely N-dealkylation sites (tertiary alicyclic amines) is 2. The number of halogens is 1. The van der Waals surface area contributed by atoms with Gasteiger partial charge in [0.25, 0.3) is 5.91 Å². The van der Waals surface area contributed by atoms with Crippen LogP contribution in [0.25, 0.3) is 0 Å². The molecule has 2 aliphatic rings. The molecule has 1 atom stereocenters. The van der Waals surface area contributed by atoms with E-state index in [0.29, 0.717) is 6.54 Å². The third-order valence-electron chi connectivity index (χ3n) is 6.06. The molecule has 160 valence electrons. The minimum atomic E-state index is -0.102. The number of carbonyl (C=O) groups is 2. The summed E-state index contributed by atoms with van der Waals surface area (Å²) >= 11 is 7.42. The number of rotatable bonds is 5. The van der Waals surface area contributed by atoms with E-state index in [0.717, 1.165) is 61.8 Å². The Hall–Kier alpha value is -1.89. The molecule has 3 heterocycles. The molecule has 2 amide bonds. The molecule has 2 aromatic rings. The van der Waals surface area contributed by atoms with Crippen molar-refractivity contribution in [2.24, 2.45) is 5.92 Å². The third kappa shape index (κ3) is 5.42. The van der Waals surface area contributed by atoms with Gasteiger partial charge in [-0.05, 0) is 54.8 Å². The van der Waals surface area contributed by atoms with Gasteiger partial charge in [0, 0.05) is 43.8 Å². The van der Waals surface area contributed by atoms with Crippen LogP contribution in [0.1, 0.15) is 40.9 Å². The SMILES string of the molecule is O=C(NC1CCN(Cc2ccc(Cl)cc2)CC1)C1CCCN(C(=O)c2cccs2)C1. The van der Waals surface area contributed by atoms with Crippen LogP contribution in [-0.4, -0.2) is 53.8 Å². The molecule has 0 radical (unpaired) electrons. The molecule has 2 saturated heterocycles. The fourth-order valence-corrected chi connectivity index (χ4v) is 5.15. The van der Waals surface area contributed by atoms with Gasteiger partial charge >= 0.3 is 0 Å². The number of nitrogens with one attached hydrogen (secondary N) is 1.